The van der Waals surface area contributed by atoms with Gasteiger partial charge in [0, 0.05) is 24.0 Å². The van der Waals surface area contributed by atoms with Crippen molar-refractivity contribution in [2.45, 2.75) is 120 Å². The van der Waals surface area contributed by atoms with Crippen molar-refractivity contribution in [2.24, 2.45) is 28.6 Å². The number of hydrogen-bond donors (Lipinski definition) is 3. The van der Waals surface area contributed by atoms with Crippen LogP contribution in [0.25, 0.3) is 0 Å². The number of aliphatic hydroxyl groups excluding tert-OH is 2. The second-order valence-electron chi connectivity index (χ2n) is 13.5. The number of aldehydes is 1. The standard InChI is InChI=1S/C31H44O9/c1-17-25(34)27(37-3)26(35)28(39-17)40-20-8-12-30(16-32)19(14-20)5-6-23-22(30)9-11-29(2)21(10-13-31(23,29)36)18-4-7-24(33)38-15-18/h4,7,15-17,19-23,25-28,34-36H,5-6,8-14H2,1-3H3/t17-,19+,20-,21-,22+,23+,25+,26+,27+,28+,29+,30+,31+/m1/s1. The Bertz CT molecular complexity index is 1130. The molecule has 5 fully saturated rings. The van der Waals surface area contributed by atoms with Gasteiger partial charge in [-0.1, -0.05) is 6.92 Å². The van der Waals surface area contributed by atoms with Gasteiger partial charge in [0.2, 0.25) is 0 Å². The Kier molecular flexibility index (Phi) is 7.32. The monoisotopic (exact) mass is 560 g/mol. The van der Waals surface area contributed by atoms with E-state index in [0.29, 0.717) is 25.7 Å². The molecule has 0 spiro atoms. The average molecular weight is 561 g/mol. The first-order chi connectivity index (χ1) is 19.1. The van der Waals surface area contributed by atoms with E-state index in [-0.39, 0.29) is 40.8 Å². The molecule has 0 bridgehead atoms. The topological polar surface area (TPSA) is 136 Å². The van der Waals surface area contributed by atoms with Crippen LogP contribution in [-0.2, 0) is 19.0 Å². The van der Waals surface area contributed by atoms with Crippen LogP contribution >= 0.6 is 0 Å². The molecule has 222 valence electrons. The minimum Gasteiger partial charge on any atom is -0.431 e. The van der Waals surface area contributed by atoms with Crippen molar-refractivity contribution in [3.8, 4) is 0 Å². The molecular weight excluding hydrogens is 516 g/mol. The van der Waals surface area contributed by atoms with Gasteiger partial charge in [-0.05, 0) is 100 Å². The van der Waals surface area contributed by atoms with Crippen LogP contribution in [-0.4, -0.2) is 71.1 Å². The second-order valence-corrected chi connectivity index (χ2v) is 13.5. The maximum atomic E-state index is 13.0. The number of hydrogen-bond acceptors (Lipinski definition) is 9. The van der Waals surface area contributed by atoms with Crippen molar-refractivity contribution in [3.05, 3.63) is 34.4 Å². The molecule has 5 aliphatic rings. The molecule has 6 rings (SSSR count). The number of carbonyl (C=O) groups excluding carboxylic acids is 1. The largest absolute Gasteiger partial charge is 0.431 e. The Morgan fingerprint density at radius 3 is 2.52 bits per heavy atom. The molecule has 0 amide bonds. The van der Waals surface area contributed by atoms with Gasteiger partial charge in [0.1, 0.15) is 24.6 Å². The van der Waals surface area contributed by atoms with Gasteiger partial charge in [-0.25, -0.2) is 4.79 Å². The summed E-state index contributed by atoms with van der Waals surface area (Å²) >= 11 is 0. The van der Waals surface area contributed by atoms with E-state index in [9.17, 15) is 24.9 Å². The van der Waals surface area contributed by atoms with Crippen LogP contribution in [0.1, 0.15) is 83.1 Å². The van der Waals surface area contributed by atoms with E-state index < -0.39 is 41.7 Å². The molecule has 9 heteroatoms. The van der Waals surface area contributed by atoms with Crippen LogP contribution in [0.2, 0.25) is 0 Å². The number of aliphatic hydroxyl groups is 3. The van der Waals surface area contributed by atoms with Crippen LogP contribution in [0.3, 0.4) is 0 Å². The number of rotatable bonds is 5. The lowest BCUT2D eigenvalue weighted by Gasteiger charge is -2.63. The fraction of sp³-hybridized carbons (Fsp3) is 0.806. The normalized spacial score (nSPS) is 50.5. The molecule has 2 heterocycles. The summed E-state index contributed by atoms with van der Waals surface area (Å²) < 4.78 is 22.6. The Labute approximate surface area is 235 Å². The number of methoxy groups -OCH3 is 1. The molecule has 0 radical (unpaired) electrons. The molecule has 1 aliphatic heterocycles. The SMILES string of the molecule is CO[C@@H]1[C@H](O)[C@H](O[C@@H]2CC[C@]3(C=O)[C@@H](CC[C@H]4[C@@H]3CC[C@@]3(C)[C@@H](c5ccc(=O)oc5)CC[C@]43O)C2)O[C@H](C)[C@@H]1O. The van der Waals surface area contributed by atoms with Crippen LogP contribution in [0.5, 0.6) is 0 Å². The first kappa shape index (κ1) is 28.5. The Morgan fingerprint density at radius 1 is 1.02 bits per heavy atom. The van der Waals surface area contributed by atoms with E-state index in [4.69, 9.17) is 18.6 Å². The average Bonchev–Trinajstić information content (AvgIpc) is 3.23. The molecule has 4 aliphatic carbocycles. The first-order valence-corrected chi connectivity index (χ1v) is 15.1. The lowest BCUT2D eigenvalue weighted by molar-refractivity contribution is -0.312. The van der Waals surface area contributed by atoms with Gasteiger partial charge in [0.15, 0.2) is 6.29 Å². The quantitative estimate of drug-likeness (QED) is 0.367. The predicted molar refractivity (Wildman–Crippen MR) is 143 cm³/mol. The molecule has 0 unspecified atom stereocenters. The van der Waals surface area contributed by atoms with Crippen molar-refractivity contribution < 1.29 is 38.7 Å². The van der Waals surface area contributed by atoms with Crippen LogP contribution in [0, 0.1) is 28.6 Å². The van der Waals surface area contributed by atoms with Crippen molar-refractivity contribution >= 4 is 6.29 Å². The highest BCUT2D eigenvalue weighted by atomic mass is 16.7. The zero-order valence-corrected chi connectivity index (χ0v) is 23.7. The summed E-state index contributed by atoms with van der Waals surface area (Å²) in [7, 11) is 1.46. The van der Waals surface area contributed by atoms with Gasteiger partial charge >= 0.3 is 5.63 Å². The highest BCUT2D eigenvalue weighted by molar-refractivity contribution is 5.62. The number of ether oxygens (including phenoxy) is 3. The van der Waals surface area contributed by atoms with Gasteiger partial charge in [-0.15, -0.1) is 0 Å². The Hall–Kier alpha value is -1.62. The lowest BCUT2D eigenvalue weighted by atomic mass is 9.43. The highest BCUT2D eigenvalue weighted by Crippen LogP contribution is 2.70. The molecular formula is C31H44O9. The summed E-state index contributed by atoms with van der Waals surface area (Å²) in [5.41, 5.74) is -1.12. The van der Waals surface area contributed by atoms with Crippen LogP contribution in [0.4, 0.5) is 0 Å². The minimum absolute atomic E-state index is 0.0409. The van der Waals surface area contributed by atoms with Crippen LogP contribution < -0.4 is 5.63 Å². The molecule has 0 aromatic carbocycles. The molecule has 3 N–H and O–H groups in total. The number of fused-ring (bicyclic) bond motifs is 5. The molecule has 1 aromatic rings. The number of carbonyl (C=O) groups is 1. The van der Waals surface area contributed by atoms with E-state index in [1.54, 1.807) is 13.2 Å². The van der Waals surface area contributed by atoms with E-state index >= 15 is 0 Å². The van der Waals surface area contributed by atoms with Gasteiger partial charge in [-0.2, -0.15) is 0 Å². The molecule has 9 nitrogen and oxygen atoms in total. The molecule has 1 aromatic heterocycles. The zero-order valence-electron chi connectivity index (χ0n) is 23.7. The maximum Gasteiger partial charge on any atom is 0.335 e. The van der Waals surface area contributed by atoms with Crippen molar-refractivity contribution in [2.75, 3.05) is 7.11 Å². The first-order valence-electron chi connectivity index (χ1n) is 15.1. The predicted octanol–water partition coefficient (Wildman–Crippen LogP) is 2.93. The Morgan fingerprint density at radius 2 is 1.82 bits per heavy atom. The van der Waals surface area contributed by atoms with Crippen molar-refractivity contribution in [1.82, 2.24) is 0 Å². The van der Waals surface area contributed by atoms with Gasteiger partial charge in [0.25, 0.3) is 0 Å². The van der Waals surface area contributed by atoms with E-state index in [2.05, 4.69) is 6.92 Å². The van der Waals surface area contributed by atoms with Gasteiger partial charge in [0.05, 0.1) is 24.1 Å². The Balaban J connectivity index is 1.19. The van der Waals surface area contributed by atoms with Gasteiger partial charge in [-0.3, -0.25) is 0 Å². The van der Waals surface area contributed by atoms with Crippen molar-refractivity contribution in [3.63, 3.8) is 0 Å². The fourth-order valence-electron chi connectivity index (χ4n) is 9.91. The van der Waals surface area contributed by atoms with Crippen molar-refractivity contribution in [1.29, 1.82) is 0 Å². The summed E-state index contributed by atoms with van der Waals surface area (Å²) in [5, 5.41) is 33.5. The molecule has 4 saturated carbocycles. The zero-order chi connectivity index (χ0) is 28.4. The highest BCUT2D eigenvalue weighted by Gasteiger charge is 2.68. The van der Waals surface area contributed by atoms with E-state index in [0.717, 1.165) is 37.7 Å². The molecule has 13 atom stereocenters. The second kappa shape index (κ2) is 10.3. The lowest BCUT2D eigenvalue weighted by Crippen LogP contribution is -2.63. The summed E-state index contributed by atoms with van der Waals surface area (Å²) in [6, 6.07) is 3.30. The van der Waals surface area contributed by atoms with E-state index in [1.807, 2.05) is 6.07 Å². The molecule has 1 saturated heterocycles. The summed E-state index contributed by atoms with van der Waals surface area (Å²) in [6.07, 6.45) is 5.26. The summed E-state index contributed by atoms with van der Waals surface area (Å²) in [5.74, 6) is 0.398. The fourth-order valence-corrected chi connectivity index (χ4v) is 9.91. The smallest absolute Gasteiger partial charge is 0.335 e. The van der Waals surface area contributed by atoms with E-state index in [1.165, 1.54) is 19.5 Å². The van der Waals surface area contributed by atoms with Crippen LogP contribution in [0.15, 0.2) is 27.6 Å². The maximum absolute atomic E-state index is 13.0. The third kappa shape index (κ3) is 4.10. The summed E-state index contributed by atoms with van der Waals surface area (Å²) in [4.78, 5) is 24.6. The third-order valence-electron chi connectivity index (χ3n) is 12.1. The minimum atomic E-state index is -1.11. The molecule has 40 heavy (non-hydrogen) atoms. The summed E-state index contributed by atoms with van der Waals surface area (Å²) in [6.45, 7) is 3.93. The van der Waals surface area contributed by atoms with Gasteiger partial charge < -0.3 is 38.7 Å². The third-order valence-corrected chi connectivity index (χ3v) is 12.1.